The minimum absolute atomic E-state index is 0.0482. The van der Waals surface area contributed by atoms with E-state index in [1.807, 2.05) is 6.07 Å². The fraction of sp³-hybridized carbons (Fsp3) is 0.500. The average Bonchev–Trinajstić information content (AvgIpc) is 2.80. The van der Waals surface area contributed by atoms with E-state index in [0.717, 1.165) is 24.9 Å². The molecular weight excluding hydrogens is 282 g/mol. The van der Waals surface area contributed by atoms with E-state index in [0.29, 0.717) is 17.1 Å². The third kappa shape index (κ3) is 2.84. The van der Waals surface area contributed by atoms with Gasteiger partial charge in [-0.1, -0.05) is 6.42 Å². The molecule has 1 aromatic heterocycles. The molecule has 1 fully saturated rings. The van der Waals surface area contributed by atoms with E-state index < -0.39 is 0 Å². The van der Waals surface area contributed by atoms with Crippen LogP contribution in [0.4, 0.5) is 5.69 Å². The Balaban J connectivity index is 2.04. The molecule has 1 saturated carbocycles. The molecule has 2 unspecified atom stereocenters. The van der Waals surface area contributed by atoms with Gasteiger partial charge in [0.2, 0.25) is 5.91 Å². The summed E-state index contributed by atoms with van der Waals surface area (Å²) in [6.45, 7) is 0.590. The van der Waals surface area contributed by atoms with Crippen LogP contribution in [0.1, 0.15) is 19.3 Å². The first-order chi connectivity index (χ1) is 8.22. The van der Waals surface area contributed by atoms with Gasteiger partial charge in [-0.15, -0.1) is 0 Å². The molecule has 0 saturated heterocycles. The Morgan fingerprint density at radius 1 is 1.59 bits per heavy atom. The summed E-state index contributed by atoms with van der Waals surface area (Å²) in [5, 5.41) is 2.91. The Bertz CT molecular complexity index is 410. The van der Waals surface area contributed by atoms with Crippen molar-refractivity contribution in [2.24, 2.45) is 17.6 Å². The smallest absolute Gasteiger partial charge is 0.227 e. The molecule has 92 valence electrons. The number of hydrogen-bond acceptors (Lipinski definition) is 3. The number of nitrogens with two attached hydrogens (primary N) is 1. The summed E-state index contributed by atoms with van der Waals surface area (Å²) in [5.41, 5.74) is 6.41. The zero-order chi connectivity index (χ0) is 12.3. The predicted octanol–water partition coefficient (Wildman–Crippen LogP) is 2.16. The summed E-state index contributed by atoms with van der Waals surface area (Å²) in [4.78, 5) is 16.2. The lowest BCUT2D eigenvalue weighted by Gasteiger charge is -2.17. The lowest BCUT2D eigenvalue weighted by molar-refractivity contribution is -0.120. The quantitative estimate of drug-likeness (QED) is 0.840. The first kappa shape index (κ1) is 12.5. The summed E-state index contributed by atoms with van der Waals surface area (Å²) < 4.78 is 0.663. The Hall–Kier alpha value is -0.940. The summed E-state index contributed by atoms with van der Waals surface area (Å²) in [5.74, 6) is 0.434. The normalized spacial score (nSPS) is 23.6. The zero-order valence-electron chi connectivity index (χ0n) is 9.53. The van der Waals surface area contributed by atoms with Gasteiger partial charge in [-0.05, 0) is 53.4 Å². The van der Waals surface area contributed by atoms with Crippen molar-refractivity contribution in [1.29, 1.82) is 0 Å². The van der Waals surface area contributed by atoms with Crippen molar-refractivity contribution >= 4 is 27.5 Å². The molecule has 5 heteroatoms. The molecule has 0 bridgehead atoms. The number of amides is 1. The standard InChI is InChI=1S/C12H16BrN3O/c13-11-10(5-2-6-15-11)16-12(17)9-4-1-3-8(9)7-14/h2,5-6,8-9H,1,3-4,7,14H2,(H,16,17). The molecule has 0 radical (unpaired) electrons. The number of aromatic nitrogens is 1. The Morgan fingerprint density at radius 3 is 3.12 bits per heavy atom. The molecule has 4 nitrogen and oxygen atoms in total. The largest absolute Gasteiger partial charge is 0.330 e. The molecule has 0 spiro atoms. The number of nitrogens with one attached hydrogen (secondary N) is 1. The molecule has 17 heavy (non-hydrogen) atoms. The van der Waals surface area contributed by atoms with Crippen molar-refractivity contribution in [2.75, 3.05) is 11.9 Å². The second-order valence-electron chi connectivity index (χ2n) is 4.36. The number of carbonyl (C=O) groups excluding carboxylic acids is 1. The van der Waals surface area contributed by atoms with Crippen LogP contribution in [0, 0.1) is 11.8 Å². The minimum Gasteiger partial charge on any atom is -0.330 e. The fourth-order valence-corrected chi connectivity index (χ4v) is 2.72. The Kier molecular flexibility index (Phi) is 4.12. The van der Waals surface area contributed by atoms with E-state index in [-0.39, 0.29) is 11.8 Å². The van der Waals surface area contributed by atoms with Gasteiger partial charge in [0.05, 0.1) is 5.69 Å². The highest BCUT2D eigenvalue weighted by Gasteiger charge is 2.32. The number of nitrogens with zero attached hydrogens (tertiary/aromatic N) is 1. The summed E-state index contributed by atoms with van der Waals surface area (Å²) in [7, 11) is 0. The minimum atomic E-state index is 0.0482. The van der Waals surface area contributed by atoms with Crippen molar-refractivity contribution in [3.8, 4) is 0 Å². The van der Waals surface area contributed by atoms with Crippen LogP contribution < -0.4 is 11.1 Å². The van der Waals surface area contributed by atoms with Crippen LogP contribution in [0.15, 0.2) is 22.9 Å². The van der Waals surface area contributed by atoms with Crippen LogP contribution in [-0.4, -0.2) is 17.4 Å². The number of carbonyl (C=O) groups is 1. The second kappa shape index (κ2) is 5.60. The van der Waals surface area contributed by atoms with E-state index in [2.05, 4.69) is 26.2 Å². The Labute approximate surface area is 109 Å². The Morgan fingerprint density at radius 2 is 2.41 bits per heavy atom. The number of pyridine rings is 1. The molecule has 1 aliphatic carbocycles. The fourth-order valence-electron chi connectivity index (χ4n) is 2.37. The predicted molar refractivity (Wildman–Crippen MR) is 70.5 cm³/mol. The molecular formula is C12H16BrN3O. The van der Waals surface area contributed by atoms with Crippen LogP contribution in [0.25, 0.3) is 0 Å². The van der Waals surface area contributed by atoms with Gasteiger partial charge in [-0.25, -0.2) is 4.98 Å². The second-order valence-corrected chi connectivity index (χ2v) is 5.12. The van der Waals surface area contributed by atoms with E-state index in [4.69, 9.17) is 5.73 Å². The van der Waals surface area contributed by atoms with Crippen molar-refractivity contribution in [3.05, 3.63) is 22.9 Å². The summed E-state index contributed by atoms with van der Waals surface area (Å²) >= 11 is 3.32. The highest BCUT2D eigenvalue weighted by atomic mass is 79.9. The molecule has 2 atom stereocenters. The number of rotatable bonds is 3. The van der Waals surface area contributed by atoms with E-state index in [1.165, 1.54) is 0 Å². The molecule has 1 amide bonds. The van der Waals surface area contributed by atoms with Crippen molar-refractivity contribution in [1.82, 2.24) is 4.98 Å². The maximum absolute atomic E-state index is 12.1. The van der Waals surface area contributed by atoms with Gasteiger partial charge in [-0.2, -0.15) is 0 Å². The van der Waals surface area contributed by atoms with Crippen LogP contribution >= 0.6 is 15.9 Å². The summed E-state index contributed by atoms with van der Waals surface area (Å²) in [6, 6.07) is 3.64. The van der Waals surface area contributed by atoms with Gasteiger partial charge >= 0.3 is 0 Å². The number of anilines is 1. The molecule has 0 aliphatic heterocycles. The molecule has 2 rings (SSSR count). The van der Waals surface area contributed by atoms with Crippen molar-refractivity contribution in [3.63, 3.8) is 0 Å². The van der Waals surface area contributed by atoms with Crippen LogP contribution in [0.2, 0.25) is 0 Å². The SMILES string of the molecule is NCC1CCCC1C(=O)Nc1cccnc1Br. The maximum Gasteiger partial charge on any atom is 0.227 e. The highest BCUT2D eigenvalue weighted by Crippen LogP contribution is 2.32. The van der Waals surface area contributed by atoms with Gasteiger partial charge in [0.25, 0.3) is 0 Å². The molecule has 1 aliphatic rings. The molecule has 1 heterocycles. The van der Waals surface area contributed by atoms with E-state index in [1.54, 1.807) is 12.3 Å². The zero-order valence-corrected chi connectivity index (χ0v) is 11.1. The van der Waals surface area contributed by atoms with Crippen LogP contribution in [-0.2, 0) is 4.79 Å². The number of halogens is 1. The van der Waals surface area contributed by atoms with Crippen molar-refractivity contribution in [2.45, 2.75) is 19.3 Å². The highest BCUT2D eigenvalue weighted by molar-refractivity contribution is 9.10. The van der Waals surface area contributed by atoms with Crippen LogP contribution in [0.5, 0.6) is 0 Å². The maximum atomic E-state index is 12.1. The van der Waals surface area contributed by atoms with Crippen molar-refractivity contribution < 1.29 is 4.79 Å². The third-order valence-electron chi connectivity index (χ3n) is 3.32. The number of hydrogen-bond donors (Lipinski definition) is 2. The monoisotopic (exact) mass is 297 g/mol. The van der Waals surface area contributed by atoms with Crippen LogP contribution in [0.3, 0.4) is 0 Å². The topological polar surface area (TPSA) is 68.0 Å². The molecule has 1 aromatic rings. The first-order valence-electron chi connectivity index (χ1n) is 5.84. The van der Waals surface area contributed by atoms with E-state index in [9.17, 15) is 4.79 Å². The van der Waals surface area contributed by atoms with Gasteiger partial charge in [0.15, 0.2) is 0 Å². The third-order valence-corrected chi connectivity index (χ3v) is 3.95. The van der Waals surface area contributed by atoms with Gasteiger partial charge in [0, 0.05) is 12.1 Å². The average molecular weight is 298 g/mol. The lowest BCUT2D eigenvalue weighted by atomic mass is 9.95. The van der Waals surface area contributed by atoms with Gasteiger partial charge in [-0.3, -0.25) is 4.79 Å². The molecule has 3 N–H and O–H groups in total. The van der Waals surface area contributed by atoms with Gasteiger partial charge < -0.3 is 11.1 Å². The van der Waals surface area contributed by atoms with Gasteiger partial charge in [0.1, 0.15) is 4.60 Å². The lowest BCUT2D eigenvalue weighted by Crippen LogP contribution is -2.29. The first-order valence-corrected chi connectivity index (χ1v) is 6.63. The molecule has 0 aromatic carbocycles. The van der Waals surface area contributed by atoms with E-state index >= 15 is 0 Å². The summed E-state index contributed by atoms with van der Waals surface area (Å²) in [6.07, 6.45) is 4.76.